The highest BCUT2D eigenvalue weighted by Gasteiger charge is 2.31. The molecule has 0 amide bonds. The molecular formula is C21H21BF3NO3. The number of nitrogens with zero attached hydrogens (tertiary/aromatic N) is 1. The van der Waals surface area contributed by atoms with E-state index in [2.05, 4.69) is 21.5 Å². The standard InChI is InChI=1S/C21H21BF3NO3/c23-21(24,25)29-20-8-6-17(7-9-20)18-10-13-26(14-11-18)12-2-4-16-3-1-5-19(15-16)22(27)28/h1,3,5-9,15,18,27-28H,10-14H2. The van der Waals surface area contributed by atoms with Gasteiger partial charge in [0.15, 0.2) is 0 Å². The monoisotopic (exact) mass is 403 g/mol. The van der Waals surface area contributed by atoms with Crippen molar-refractivity contribution >= 4 is 12.6 Å². The van der Waals surface area contributed by atoms with E-state index in [0.717, 1.165) is 37.1 Å². The summed E-state index contributed by atoms with van der Waals surface area (Å²) >= 11 is 0. The quantitative estimate of drug-likeness (QED) is 0.609. The molecule has 1 aliphatic rings. The Labute approximate surface area is 168 Å². The Kier molecular flexibility index (Phi) is 6.85. The van der Waals surface area contributed by atoms with Crippen LogP contribution in [0, 0.1) is 11.8 Å². The molecule has 8 heteroatoms. The van der Waals surface area contributed by atoms with Crippen LogP contribution in [0.25, 0.3) is 0 Å². The molecule has 0 aliphatic carbocycles. The minimum Gasteiger partial charge on any atom is -0.423 e. The first kappa shape index (κ1) is 21.2. The minimum atomic E-state index is -4.67. The Morgan fingerprint density at radius 2 is 1.76 bits per heavy atom. The van der Waals surface area contributed by atoms with Gasteiger partial charge in [-0.05, 0) is 67.1 Å². The molecule has 2 N–H and O–H groups in total. The van der Waals surface area contributed by atoms with Gasteiger partial charge < -0.3 is 14.8 Å². The molecule has 0 aromatic heterocycles. The Morgan fingerprint density at radius 1 is 1.07 bits per heavy atom. The second-order valence-electron chi connectivity index (χ2n) is 6.97. The van der Waals surface area contributed by atoms with Gasteiger partial charge in [-0.2, -0.15) is 0 Å². The number of hydrogen-bond acceptors (Lipinski definition) is 4. The van der Waals surface area contributed by atoms with Crippen LogP contribution in [0.4, 0.5) is 13.2 Å². The Hall–Kier alpha value is -2.47. The third-order valence-electron chi connectivity index (χ3n) is 4.89. The van der Waals surface area contributed by atoms with Gasteiger partial charge in [-0.3, -0.25) is 4.90 Å². The molecule has 1 saturated heterocycles. The van der Waals surface area contributed by atoms with Crippen LogP contribution in [0.1, 0.15) is 29.9 Å². The lowest BCUT2D eigenvalue weighted by molar-refractivity contribution is -0.274. The van der Waals surface area contributed by atoms with Crippen LogP contribution in [-0.2, 0) is 0 Å². The number of halogens is 3. The summed E-state index contributed by atoms with van der Waals surface area (Å²) in [5.74, 6) is 6.25. The van der Waals surface area contributed by atoms with Crippen molar-refractivity contribution in [3.8, 4) is 17.6 Å². The lowest BCUT2D eigenvalue weighted by Gasteiger charge is -2.30. The van der Waals surface area contributed by atoms with Crippen LogP contribution in [0.2, 0.25) is 0 Å². The first-order chi connectivity index (χ1) is 13.8. The van der Waals surface area contributed by atoms with Gasteiger partial charge in [0.25, 0.3) is 0 Å². The van der Waals surface area contributed by atoms with E-state index in [-0.39, 0.29) is 5.75 Å². The number of likely N-dealkylation sites (tertiary alicyclic amines) is 1. The largest absolute Gasteiger partial charge is 0.573 e. The molecule has 0 radical (unpaired) electrons. The maximum atomic E-state index is 12.2. The molecule has 0 unspecified atom stereocenters. The molecule has 0 atom stereocenters. The number of piperidine rings is 1. The summed E-state index contributed by atoms with van der Waals surface area (Å²) in [6, 6.07) is 12.9. The van der Waals surface area contributed by atoms with E-state index in [1.807, 2.05) is 6.07 Å². The summed E-state index contributed by atoms with van der Waals surface area (Å²) in [5, 5.41) is 18.4. The van der Waals surface area contributed by atoms with Crippen LogP contribution < -0.4 is 10.2 Å². The molecule has 1 aliphatic heterocycles. The van der Waals surface area contributed by atoms with Crippen molar-refractivity contribution in [1.29, 1.82) is 0 Å². The summed E-state index contributed by atoms with van der Waals surface area (Å²) < 4.78 is 40.6. The summed E-state index contributed by atoms with van der Waals surface area (Å²) in [4.78, 5) is 2.23. The predicted octanol–water partition coefficient (Wildman–Crippen LogP) is 2.50. The highest BCUT2D eigenvalue weighted by atomic mass is 19.4. The Bertz CT molecular complexity index is 867. The maximum absolute atomic E-state index is 12.2. The fraction of sp³-hybridized carbons (Fsp3) is 0.333. The van der Waals surface area contributed by atoms with Gasteiger partial charge in [0, 0.05) is 5.56 Å². The number of rotatable bonds is 4. The van der Waals surface area contributed by atoms with E-state index in [1.54, 1.807) is 30.3 Å². The van der Waals surface area contributed by atoms with Gasteiger partial charge in [-0.1, -0.05) is 36.1 Å². The second kappa shape index (κ2) is 9.36. The van der Waals surface area contributed by atoms with Gasteiger partial charge in [-0.25, -0.2) is 0 Å². The van der Waals surface area contributed by atoms with Crippen molar-refractivity contribution in [3.63, 3.8) is 0 Å². The molecule has 2 aromatic carbocycles. The molecular weight excluding hydrogens is 382 g/mol. The van der Waals surface area contributed by atoms with E-state index in [1.165, 1.54) is 12.1 Å². The lowest BCUT2D eigenvalue weighted by atomic mass is 9.80. The highest BCUT2D eigenvalue weighted by Crippen LogP contribution is 2.30. The van der Waals surface area contributed by atoms with Gasteiger partial charge in [0.1, 0.15) is 5.75 Å². The van der Waals surface area contributed by atoms with Crippen LogP contribution in [0.5, 0.6) is 5.75 Å². The van der Waals surface area contributed by atoms with Crippen molar-refractivity contribution in [2.45, 2.75) is 25.1 Å². The zero-order valence-electron chi connectivity index (χ0n) is 15.7. The van der Waals surface area contributed by atoms with Crippen LogP contribution in [0.3, 0.4) is 0 Å². The summed E-state index contributed by atoms with van der Waals surface area (Å²) in [6.45, 7) is 2.32. The van der Waals surface area contributed by atoms with E-state index >= 15 is 0 Å². The SMILES string of the molecule is OB(O)c1cccc(C#CCN2CCC(c3ccc(OC(F)(F)F)cc3)CC2)c1. The number of alkyl halides is 3. The minimum absolute atomic E-state index is 0.202. The van der Waals surface area contributed by atoms with Gasteiger partial charge in [-0.15, -0.1) is 13.2 Å². The van der Waals surface area contributed by atoms with Crippen LogP contribution in [0.15, 0.2) is 48.5 Å². The fourth-order valence-electron chi connectivity index (χ4n) is 3.40. The van der Waals surface area contributed by atoms with Crippen molar-refractivity contribution in [3.05, 3.63) is 59.7 Å². The first-order valence-corrected chi connectivity index (χ1v) is 9.33. The van der Waals surface area contributed by atoms with E-state index < -0.39 is 13.5 Å². The molecule has 2 aromatic rings. The number of hydrogen-bond donors (Lipinski definition) is 2. The van der Waals surface area contributed by atoms with Gasteiger partial charge >= 0.3 is 13.5 Å². The van der Waals surface area contributed by atoms with Crippen LogP contribution in [-0.4, -0.2) is 48.1 Å². The van der Waals surface area contributed by atoms with Gasteiger partial charge in [0.2, 0.25) is 0 Å². The molecule has 1 fully saturated rings. The van der Waals surface area contributed by atoms with E-state index in [4.69, 9.17) is 0 Å². The Morgan fingerprint density at radius 3 is 2.38 bits per heavy atom. The Balaban J connectivity index is 1.49. The first-order valence-electron chi connectivity index (χ1n) is 9.33. The summed E-state index contributed by atoms with van der Waals surface area (Å²) in [6.07, 6.45) is -2.85. The lowest BCUT2D eigenvalue weighted by Crippen LogP contribution is -2.33. The fourth-order valence-corrected chi connectivity index (χ4v) is 3.40. The molecule has 0 bridgehead atoms. The molecule has 4 nitrogen and oxygen atoms in total. The average Bonchev–Trinajstić information content (AvgIpc) is 2.68. The topological polar surface area (TPSA) is 52.9 Å². The zero-order chi connectivity index (χ0) is 20.9. The maximum Gasteiger partial charge on any atom is 0.573 e. The average molecular weight is 403 g/mol. The van der Waals surface area contributed by atoms with Crippen molar-refractivity contribution in [2.75, 3.05) is 19.6 Å². The van der Waals surface area contributed by atoms with Crippen molar-refractivity contribution < 1.29 is 28.0 Å². The molecule has 1 heterocycles. The highest BCUT2D eigenvalue weighted by molar-refractivity contribution is 6.58. The molecule has 152 valence electrons. The van der Waals surface area contributed by atoms with Crippen molar-refractivity contribution in [1.82, 2.24) is 4.90 Å². The van der Waals surface area contributed by atoms with E-state index in [9.17, 15) is 23.2 Å². The summed E-state index contributed by atoms with van der Waals surface area (Å²) in [5.41, 5.74) is 2.15. The molecule has 0 spiro atoms. The number of benzene rings is 2. The third kappa shape index (κ3) is 6.53. The molecule has 3 rings (SSSR count). The number of ether oxygens (including phenoxy) is 1. The van der Waals surface area contributed by atoms with Crippen LogP contribution >= 0.6 is 0 Å². The van der Waals surface area contributed by atoms with E-state index in [0.29, 0.717) is 17.9 Å². The zero-order valence-corrected chi connectivity index (χ0v) is 15.7. The molecule has 29 heavy (non-hydrogen) atoms. The second-order valence-corrected chi connectivity index (χ2v) is 6.97. The van der Waals surface area contributed by atoms with Gasteiger partial charge in [0.05, 0.1) is 6.54 Å². The third-order valence-corrected chi connectivity index (χ3v) is 4.89. The summed E-state index contributed by atoms with van der Waals surface area (Å²) in [7, 11) is -1.51. The van der Waals surface area contributed by atoms with Crippen molar-refractivity contribution in [2.24, 2.45) is 0 Å². The normalized spacial score (nSPS) is 15.5. The smallest absolute Gasteiger partial charge is 0.423 e. The molecule has 0 saturated carbocycles. The predicted molar refractivity (Wildman–Crippen MR) is 105 cm³/mol.